The smallest absolute Gasteiger partial charge is 0.237 e. The topological polar surface area (TPSA) is 76.2 Å². The molecule has 1 aliphatic heterocycles. The third-order valence-corrected chi connectivity index (χ3v) is 5.78. The molecule has 0 bridgehead atoms. The van der Waals surface area contributed by atoms with Gasteiger partial charge in [-0.15, -0.1) is 0 Å². The van der Waals surface area contributed by atoms with Crippen LogP contribution in [0.5, 0.6) is 0 Å². The van der Waals surface area contributed by atoms with Crippen LogP contribution in [0.1, 0.15) is 38.9 Å². The van der Waals surface area contributed by atoms with Gasteiger partial charge >= 0.3 is 0 Å². The second kappa shape index (κ2) is 6.64. The number of nitrogens with two attached hydrogens (primary N) is 1. The predicted octanol–water partition coefficient (Wildman–Crippen LogP) is 2.69. The van der Waals surface area contributed by atoms with E-state index in [4.69, 9.17) is 10.7 Å². The lowest BCUT2D eigenvalue weighted by Crippen LogP contribution is -2.53. The molecule has 1 aromatic carbocycles. The monoisotopic (exact) mass is 371 g/mol. The van der Waals surface area contributed by atoms with Crippen molar-refractivity contribution in [2.75, 3.05) is 18.4 Å². The lowest BCUT2D eigenvalue weighted by Gasteiger charge is -2.42. The Morgan fingerprint density at radius 2 is 2.00 bits per heavy atom. The number of aromatic nitrogens is 2. The molecule has 2 heterocycles. The summed E-state index contributed by atoms with van der Waals surface area (Å²) >= 11 is 0. The first-order valence-electron chi connectivity index (χ1n) is 9.56. The molecule has 2 aliphatic rings. The highest BCUT2D eigenvalue weighted by Crippen LogP contribution is 2.39. The number of hydrogen-bond donors (Lipinski definition) is 2. The van der Waals surface area contributed by atoms with Gasteiger partial charge in [0.25, 0.3) is 0 Å². The third kappa shape index (κ3) is 3.00. The molecule has 1 aromatic heterocycles. The van der Waals surface area contributed by atoms with E-state index in [0.29, 0.717) is 19.1 Å². The van der Waals surface area contributed by atoms with Crippen LogP contribution in [0.25, 0.3) is 11.3 Å². The number of carbonyl (C=O) groups excluding carboxylic acids is 1. The molecule has 0 spiro atoms. The van der Waals surface area contributed by atoms with Crippen molar-refractivity contribution in [1.29, 1.82) is 0 Å². The summed E-state index contributed by atoms with van der Waals surface area (Å²) in [7, 11) is 0. The predicted molar refractivity (Wildman–Crippen MR) is 103 cm³/mol. The van der Waals surface area contributed by atoms with Crippen molar-refractivity contribution in [1.82, 2.24) is 14.5 Å². The second-order valence-electron chi connectivity index (χ2n) is 7.87. The average Bonchev–Trinajstić information content (AvgIpc) is 2.98. The molecule has 7 heteroatoms. The Morgan fingerprint density at radius 1 is 1.30 bits per heavy atom. The van der Waals surface area contributed by atoms with Gasteiger partial charge in [-0.2, -0.15) is 0 Å². The molecule has 6 nitrogen and oxygen atoms in total. The van der Waals surface area contributed by atoms with E-state index in [1.165, 1.54) is 18.6 Å². The molecule has 0 unspecified atom stereocenters. The van der Waals surface area contributed by atoms with Crippen LogP contribution in [0, 0.1) is 5.82 Å². The van der Waals surface area contributed by atoms with Gasteiger partial charge in [0.05, 0.1) is 12.1 Å². The van der Waals surface area contributed by atoms with Crippen LogP contribution < -0.4 is 11.1 Å². The minimum absolute atomic E-state index is 0.0118. The van der Waals surface area contributed by atoms with Crippen LogP contribution in [0.2, 0.25) is 0 Å². The van der Waals surface area contributed by atoms with Crippen LogP contribution in [0.3, 0.4) is 0 Å². The summed E-state index contributed by atoms with van der Waals surface area (Å²) in [6.07, 6.45) is 3.52. The zero-order valence-corrected chi connectivity index (χ0v) is 15.8. The first kappa shape index (κ1) is 18.0. The number of fused-ring (bicyclic) bond motifs is 1. The van der Waals surface area contributed by atoms with E-state index in [9.17, 15) is 9.18 Å². The maximum Gasteiger partial charge on any atom is 0.237 e. The first-order chi connectivity index (χ1) is 12.9. The van der Waals surface area contributed by atoms with Crippen molar-refractivity contribution in [2.24, 2.45) is 5.73 Å². The van der Waals surface area contributed by atoms with Crippen LogP contribution in [-0.4, -0.2) is 39.5 Å². The summed E-state index contributed by atoms with van der Waals surface area (Å²) in [6.45, 7) is 5.24. The number of hydrogen-bond acceptors (Lipinski definition) is 4. The maximum absolute atomic E-state index is 13.4. The molecule has 0 saturated heterocycles. The van der Waals surface area contributed by atoms with Crippen molar-refractivity contribution in [3.63, 3.8) is 0 Å². The van der Waals surface area contributed by atoms with Crippen molar-refractivity contribution in [2.45, 2.75) is 51.2 Å². The van der Waals surface area contributed by atoms with Gasteiger partial charge in [-0.1, -0.05) is 0 Å². The zero-order valence-electron chi connectivity index (χ0n) is 15.8. The van der Waals surface area contributed by atoms with E-state index >= 15 is 0 Å². The average molecular weight is 371 g/mol. The van der Waals surface area contributed by atoms with Gasteiger partial charge in [0.1, 0.15) is 23.2 Å². The van der Waals surface area contributed by atoms with E-state index < -0.39 is 5.54 Å². The zero-order chi connectivity index (χ0) is 19.2. The minimum Gasteiger partial charge on any atom is -0.367 e. The van der Waals surface area contributed by atoms with Gasteiger partial charge in [0.2, 0.25) is 5.91 Å². The Balaban J connectivity index is 1.81. The molecule has 0 atom stereocenters. The summed E-state index contributed by atoms with van der Waals surface area (Å²) in [5.41, 5.74) is 6.72. The SMILES string of the molecule is CC1(C)c2nc(-c3ccc(F)cc3)c(NC3CCC3)n2CCN1C(=O)CN. The molecule has 3 N–H and O–H groups in total. The number of carbonyl (C=O) groups is 1. The second-order valence-corrected chi connectivity index (χ2v) is 7.87. The number of nitrogens with one attached hydrogen (secondary N) is 1. The molecule has 1 saturated carbocycles. The Kier molecular flexibility index (Phi) is 4.42. The molecule has 144 valence electrons. The Labute approximate surface area is 158 Å². The number of nitrogens with zero attached hydrogens (tertiary/aromatic N) is 3. The quantitative estimate of drug-likeness (QED) is 0.866. The van der Waals surface area contributed by atoms with Gasteiger partial charge in [-0.25, -0.2) is 9.37 Å². The fourth-order valence-corrected chi connectivity index (χ4v) is 3.99. The Hall–Kier alpha value is -2.41. The summed E-state index contributed by atoms with van der Waals surface area (Å²) in [4.78, 5) is 19.1. The van der Waals surface area contributed by atoms with Gasteiger partial charge in [-0.3, -0.25) is 4.79 Å². The minimum atomic E-state index is -0.566. The highest BCUT2D eigenvalue weighted by atomic mass is 19.1. The number of anilines is 1. The highest BCUT2D eigenvalue weighted by molar-refractivity contribution is 5.80. The molecular weight excluding hydrogens is 345 g/mol. The van der Waals surface area contributed by atoms with Gasteiger partial charge in [0, 0.05) is 24.7 Å². The fraction of sp³-hybridized carbons (Fsp3) is 0.500. The molecule has 0 radical (unpaired) electrons. The molecule has 1 aliphatic carbocycles. The van der Waals surface area contributed by atoms with E-state index in [2.05, 4.69) is 9.88 Å². The van der Waals surface area contributed by atoms with Crippen LogP contribution in [-0.2, 0) is 16.9 Å². The van der Waals surface area contributed by atoms with Crippen molar-refractivity contribution < 1.29 is 9.18 Å². The fourth-order valence-electron chi connectivity index (χ4n) is 3.99. The number of rotatable bonds is 4. The molecular formula is C20H26FN5O. The molecule has 2 aromatic rings. The van der Waals surface area contributed by atoms with Crippen molar-refractivity contribution in [3.8, 4) is 11.3 Å². The largest absolute Gasteiger partial charge is 0.367 e. The highest BCUT2D eigenvalue weighted by Gasteiger charge is 2.41. The van der Waals surface area contributed by atoms with Crippen LogP contribution in [0.4, 0.5) is 10.2 Å². The normalized spacial score (nSPS) is 18.7. The Morgan fingerprint density at radius 3 is 2.59 bits per heavy atom. The number of halogens is 1. The van der Waals surface area contributed by atoms with Crippen molar-refractivity contribution >= 4 is 11.7 Å². The molecule has 1 fully saturated rings. The summed E-state index contributed by atoms with van der Waals surface area (Å²) in [5.74, 6) is 1.45. The van der Waals surface area contributed by atoms with E-state index in [1.807, 2.05) is 13.8 Å². The van der Waals surface area contributed by atoms with Gasteiger partial charge in [0.15, 0.2) is 0 Å². The maximum atomic E-state index is 13.4. The molecule has 4 rings (SSSR count). The number of imidazole rings is 1. The van der Waals surface area contributed by atoms with Crippen LogP contribution >= 0.6 is 0 Å². The Bertz CT molecular complexity index is 854. The van der Waals surface area contributed by atoms with Gasteiger partial charge in [-0.05, 0) is 57.4 Å². The first-order valence-corrected chi connectivity index (χ1v) is 9.56. The summed E-state index contributed by atoms with van der Waals surface area (Å²) < 4.78 is 15.6. The summed E-state index contributed by atoms with van der Waals surface area (Å²) in [6, 6.07) is 6.86. The van der Waals surface area contributed by atoms with Crippen LogP contribution in [0.15, 0.2) is 24.3 Å². The number of amides is 1. The summed E-state index contributed by atoms with van der Waals surface area (Å²) in [5, 5.41) is 3.64. The lowest BCUT2D eigenvalue weighted by atomic mass is 9.93. The van der Waals surface area contributed by atoms with E-state index in [0.717, 1.165) is 35.7 Å². The lowest BCUT2D eigenvalue weighted by molar-refractivity contribution is -0.137. The molecule has 1 amide bonds. The van der Waals surface area contributed by atoms with E-state index in [1.54, 1.807) is 17.0 Å². The van der Waals surface area contributed by atoms with E-state index in [-0.39, 0.29) is 18.3 Å². The number of benzene rings is 1. The third-order valence-electron chi connectivity index (χ3n) is 5.78. The van der Waals surface area contributed by atoms with Gasteiger partial charge < -0.3 is 20.5 Å². The standard InChI is InChI=1S/C20H26FN5O/c1-20(2)19-24-17(13-6-8-14(21)9-7-13)18(23-15-4-3-5-15)25(19)10-11-26(20)16(27)12-22/h6-9,15,23H,3-5,10-12,22H2,1-2H3. The molecule has 27 heavy (non-hydrogen) atoms. The van der Waals surface area contributed by atoms with Crippen molar-refractivity contribution in [3.05, 3.63) is 35.9 Å².